The maximum Gasteiger partial charge on any atom is 0.330 e. The van der Waals surface area contributed by atoms with Crippen molar-refractivity contribution in [3.8, 4) is 0 Å². The molecule has 0 aromatic rings. The first-order chi connectivity index (χ1) is 6.92. The number of fused-ring (bicyclic) bond motifs is 1. The number of aliphatic hydroxyl groups excluding tert-OH is 1. The molecule has 86 valence electrons. The van der Waals surface area contributed by atoms with Gasteiger partial charge in [0.2, 0.25) is 0 Å². The number of hydrogen-bond acceptors (Lipinski definition) is 4. The molecule has 0 amide bonds. The molecule has 2 saturated heterocycles. The van der Waals surface area contributed by atoms with E-state index in [0.29, 0.717) is 0 Å². The zero-order valence-corrected chi connectivity index (χ0v) is 9.62. The van der Waals surface area contributed by atoms with Crippen LogP contribution in [-0.4, -0.2) is 40.9 Å². The molecular formula is C11H19NO3. The molecule has 2 fully saturated rings. The van der Waals surface area contributed by atoms with E-state index in [1.165, 1.54) is 0 Å². The van der Waals surface area contributed by atoms with Crippen molar-refractivity contribution in [2.24, 2.45) is 5.41 Å². The van der Waals surface area contributed by atoms with Gasteiger partial charge in [0, 0.05) is 12.0 Å². The summed E-state index contributed by atoms with van der Waals surface area (Å²) in [5, 5.41) is 9.44. The van der Waals surface area contributed by atoms with Gasteiger partial charge in [0.25, 0.3) is 0 Å². The number of esters is 1. The standard InChI is InChI=1S/C11H19NO3/c1-10(2,3)8-12-6-4-5-11(12,7-13)9(14)15-8/h8,13H,4-7H2,1-3H3/t8?,11-/m1/s1. The van der Waals surface area contributed by atoms with Crippen molar-refractivity contribution in [1.82, 2.24) is 4.90 Å². The third kappa shape index (κ3) is 1.39. The molecular weight excluding hydrogens is 194 g/mol. The van der Waals surface area contributed by atoms with Gasteiger partial charge in [-0.15, -0.1) is 0 Å². The van der Waals surface area contributed by atoms with Crippen LogP contribution in [0.3, 0.4) is 0 Å². The number of rotatable bonds is 1. The van der Waals surface area contributed by atoms with Crippen LogP contribution in [0, 0.1) is 5.41 Å². The summed E-state index contributed by atoms with van der Waals surface area (Å²) in [6.45, 7) is 6.87. The van der Waals surface area contributed by atoms with Crippen molar-refractivity contribution in [3.63, 3.8) is 0 Å². The summed E-state index contributed by atoms with van der Waals surface area (Å²) in [5.74, 6) is -0.248. The van der Waals surface area contributed by atoms with Crippen LogP contribution in [0.25, 0.3) is 0 Å². The van der Waals surface area contributed by atoms with E-state index in [1.807, 2.05) is 4.90 Å². The molecule has 4 nitrogen and oxygen atoms in total. The molecule has 1 N–H and O–H groups in total. The lowest BCUT2D eigenvalue weighted by atomic mass is 9.92. The summed E-state index contributed by atoms with van der Waals surface area (Å²) in [6.07, 6.45) is 1.48. The molecule has 0 aromatic carbocycles. The minimum Gasteiger partial charge on any atom is -0.444 e. The van der Waals surface area contributed by atoms with Gasteiger partial charge in [-0.05, 0) is 12.8 Å². The lowest BCUT2D eigenvalue weighted by molar-refractivity contribution is -0.150. The van der Waals surface area contributed by atoms with Gasteiger partial charge in [0.05, 0.1) is 6.61 Å². The number of ether oxygens (including phenoxy) is 1. The monoisotopic (exact) mass is 213 g/mol. The average molecular weight is 213 g/mol. The van der Waals surface area contributed by atoms with Crippen molar-refractivity contribution in [2.75, 3.05) is 13.2 Å². The zero-order chi connectivity index (χ0) is 11.3. The smallest absolute Gasteiger partial charge is 0.330 e. The summed E-state index contributed by atoms with van der Waals surface area (Å²) < 4.78 is 5.41. The lowest BCUT2D eigenvalue weighted by Crippen LogP contribution is -2.51. The second kappa shape index (κ2) is 3.19. The highest BCUT2D eigenvalue weighted by Gasteiger charge is 2.59. The van der Waals surface area contributed by atoms with E-state index in [-0.39, 0.29) is 24.2 Å². The topological polar surface area (TPSA) is 49.8 Å². The second-order valence-electron chi connectivity index (χ2n) is 5.61. The molecule has 4 heteroatoms. The number of carbonyl (C=O) groups is 1. The van der Waals surface area contributed by atoms with E-state index >= 15 is 0 Å². The largest absolute Gasteiger partial charge is 0.444 e. The Morgan fingerprint density at radius 1 is 1.60 bits per heavy atom. The Kier molecular flexibility index (Phi) is 2.32. The molecule has 2 atom stereocenters. The molecule has 2 heterocycles. The number of carbonyl (C=O) groups excluding carboxylic acids is 1. The minimum absolute atomic E-state index is 0.100. The quantitative estimate of drug-likeness (QED) is 0.653. The predicted molar refractivity (Wildman–Crippen MR) is 55.1 cm³/mol. The Morgan fingerprint density at radius 3 is 2.80 bits per heavy atom. The van der Waals surface area contributed by atoms with Crippen molar-refractivity contribution in [3.05, 3.63) is 0 Å². The van der Waals surface area contributed by atoms with E-state index in [2.05, 4.69) is 20.8 Å². The predicted octanol–water partition coefficient (Wildman–Crippen LogP) is 0.742. The van der Waals surface area contributed by atoms with Crippen LogP contribution in [0.15, 0.2) is 0 Å². The fourth-order valence-electron chi connectivity index (χ4n) is 2.61. The van der Waals surface area contributed by atoms with Gasteiger partial charge in [0.15, 0.2) is 6.23 Å². The van der Waals surface area contributed by atoms with Gasteiger partial charge in [-0.3, -0.25) is 0 Å². The molecule has 0 radical (unpaired) electrons. The fourth-order valence-corrected chi connectivity index (χ4v) is 2.61. The molecule has 2 aliphatic heterocycles. The molecule has 2 aliphatic rings. The van der Waals surface area contributed by atoms with Crippen LogP contribution in [0.5, 0.6) is 0 Å². The van der Waals surface area contributed by atoms with E-state index in [0.717, 1.165) is 19.4 Å². The van der Waals surface area contributed by atoms with Crippen molar-refractivity contribution in [1.29, 1.82) is 0 Å². The van der Waals surface area contributed by atoms with Gasteiger partial charge in [-0.2, -0.15) is 0 Å². The van der Waals surface area contributed by atoms with Gasteiger partial charge >= 0.3 is 5.97 Å². The van der Waals surface area contributed by atoms with Gasteiger partial charge in [0.1, 0.15) is 5.54 Å². The summed E-state index contributed by atoms with van der Waals surface area (Å²) in [6, 6.07) is 0. The number of aliphatic hydroxyl groups is 1. The Hall–Kier alpha value is -0.610. The fraction of sp³-hybridized carbons (Fsp3) is 0.909. The van der Waals surface area contributed by atoms with E-state index in [9.17, 15) is 9.90 Å². The Bertz CT molecular complexity index is 284. The Labute approximate surface area is 90.2 Å². The van der Waals surface area contributed by atoms with E-state index < -0.39 is 5.54 Å². The molecule has 2 rings (SSSR count). The van der Waals surface area contributed by atoms with Crippen LogP contribution >= 0.6 is 0 Å². The number of cyclic esters (lactones) is 1. The first kappa shape index (κ1) is 10.9. The maximum atomic E-state index is 11.8. The van der Waals surface area contributed by atoms with Crippen LogP contribution in [-0.2, 0) is 9.53 Å². The Balaban J connectivity index is 2.32. The first-order valence-electron chi connectivity index (χ1n) is 5.50. The van der Waals surface area contributed by atoms with Crippen LogP contribution in [0.4, 0.5) is 0 Å². The lowest BCUT2D eigenvalue weighted by Gasteiger charge is -2.34. The summed E-state index contributed by atoms with van der Waals surface area (Å²) >= 11 is 0. The number of hydrogen-bond donors (Lipinski definition) is 1. The normalized spacial score (nSPS) is 36.8. The molecule has 0 bridgehead atoms. The molecule has 0 spiro atoms. The van der Waals surface area contributed by atoms with Gasteiger partial charge in [-0.25, -0.2) is 9.69 Å². The maximum absolute atomic E-state index is 11.8. The average Bonchev–Trinajstić information content (AvgIpc) is 2.64. The number of nitrogens with zero attached hydrogens (tertiary/aromatic N) is 1. The van der Waals surface area contributed by atoms with Crippen molar-refractivity contribution < 1.29 is 14.6 Å². The third-order valence-electron chi connectivity index (χ3n) is 3.42. The third-order valence-corrected chi connectivity index (χ3v) is 3.42. The first-order valence-corrected chi connectivity index (χ1v) is 5.50. The summed E-state index contributed by atoms with van der Waals surface area (Å²) in [4.78, 5) is 13.9. The van der Waals surface area contributed by atoms with Crippen molar-refractivity contribution in [2.45, 2.75) is 45.4 Å². The minimum atomic E-state index is -0.738. The van der Waals surface area contributed by atoms with E-state index in [1.54, 1.807) is 0 Å². The van der Waals surface area contributed by atoms with Gasteiger partial charge in [-0.1, -0.05) is 20.8 Å². The van der Waals surface area contributed by atoms with Crippen LogP contribution in [0.2, 0.25) is 0 Å². The highest BCUT2D eigenvalue weighted by molar-refractivity contribution is 5.83. The zero-order valence-electron chi connectivity index (χ0n) is 9.62. The molecule has 0 saturated carbocycles. The highest BCUT2D eigenvalue weighted by Crippen LogP contribution is 2.43. The van der Waals surface area contributed by atoms with Crippen molar-refractivity contribution >= 4 is 5.97 Å². The second-order valence-corrected chi connectivity index (χ2v) is 5.61. The molecule has 1 unspecified atom stereocenters. The van der Waals surface area contributed by atoms with Crippen LogP contribution in [0.1, 0.15) is 33.6 Å². The summed E-state index contributed by atoms with van der Waals surface area (Å²) in [7, 11) is 0. The molecule has 0 aromatic heterocycles. The SMILES string of the molecule is CC(C)(C)C1OC(=O)[C@]2(CO)CCCN12. The molecule has 0 aliphatic carbocycles. The highest BCUT2D eigenvalue weighted by atomic mass is 16.6. The van der Waals surface area contributed by atoms with Crippen LogP contribution < -0.4 is 0 Å². The molecule has 15 heavy (non-hydrogen) atoms. The van der Waals surface area contributed by atoms with Gasteiger partial charge < -0.3 is 9.84 Å². The summed E-state index contributed by atoms with van der Waals surface area (Å²) in [5.41, 5.74) is -0.838. The van der Waals surface area contributed by atoms with E-state index in [4.69, 9.17) is 4.74 Å². The Morgan fingerprint density at radius 2 is 2.27 bits per heavy atom.